The van der Waals surface area contributed by atoms with E-state index in [-0.39, 0.29) is 20.8 Å². The average Bonchev–Trinajstić information content (AvgIpc) is 2.06. The van der Waals surface area contributed by atoms with Gasteiger partial charge in [0.1, 0.15) is 4.90 Å². The van der Waals surface area contributed by atoms with Crippen molar-refractivity contribution < 1.29 is 13.0 Å². The molecule has 0 saturated heterocycles. The normalized spacial score (nSPS) is 11.7. The van der Waals surface area contributed by atoms with Gasteiger partial charge in [-0.25, -0.2) is 0 Å². The number of hydrogen-bond acceptors (Lipinski definition) is 3. The fraction of sp³-hybridized carbons (Fsp3) is 0. The highest BCUT2D eigenvalue weighted by molar-refractivity contribution is 7.86. The van der Waals surface area contributed by atoms with Crippen molar-refractivity contribution in [2.45, 2.75) is 4.90 Å². The first-order valence-corrected chi connectivity index (χ1v) is 5.73. The standard InChI is InChI=1S/C6H4Cl3NO3S/c7-2-1-3(14(11,12)13)5(9)6(10)4(2)8/h1H,10H2,(H,11,12,13). The second kappa shape index (κ2) is 3.75. The third kappa shape index (κ3) is 2.07. The van der Waals surface area contributed by atoms with Crippen LogP contribution in [0.1, 0.15) is 0 Å². The van der Waals surface area contributed by atoms with Crippen molar-refractivity contribution in [3.05, 3.63) is 21.1 Å². The van der Waals surface area contributed by atoms with E-state index in [1.165, 1.54) is 0 Å². The van der Waals surface area contributed by atoms with E-state index < -0.39 is 15.0 Å². The Balaban J connectivity index is 3.66. The summed E-state index contributed by atoms with van der Waals surface area (Å²) in [5, 5.41) is -0.493. The highest BCUT2D eigenvalue weighted by Gasteiger charge is 2.20. The Morgan fingerprint density at radius 3 is 2.14 bits per heavy atom. The van der Waals surface area contributed by atoms with Gasteiger partial charge in [0.2, 0.25) is 0 Å². The average molecular weight is 277 g/mol. The molecule has 0 aromatic heterocycles. The molecule has 0 aliphatic rings. The molecule has 1 rings (SSSR count). The van der Waals surface area contributed by atoms with Crippen LogP contribution in [0.4, 0.5) is 5.69 Å². The van der Waals surface area contributed by atoms with E-state index in [0.29, 0.717) is 0 Å². The summed E-state index contributed by atoms with van der Waals surface area (Å²) >= 11 is 16.7. The van der Waals surface area contributed by atoms with Crippen LogP contribution >= 0.6 is 34.8 Å². The third-order valence-corrected chi connectivity index (χ3v) is 3.63. The van der Waals surface area contributed by atoms with E-state index in [1.807, 2.05) is 0 Å². The van der Waals surface area contributed by atoms with Gasteiger partial charge in [0, 0.05) is 0 Å². The van der Waals surface area contributed by atoms with E-state index in [9.17, 15) is 8.42 Å². The van der Waals surface area contributed by atoms with Crippen LogP contribution < -0.4 is 5.73 Å². The van der Waals surface area contributed by atoms with Crippen molar-refractivity contribution in [3.8, 4) is 0 Å². The monoisotopic (exact) mass is 275 g/mol. The lowest BCUT2D eigenvalue weighted by Crippen LogP contribution is -2.02. The summed E-state index contributed by atoms with van der Waals surface area (Å²) in [7, 11) is -4.45. The minimum atomic E-state index is -4.45. The highest BCUT2D eigenvalue weighted by Crippen LogP contribution is 2.38. The molecule has 0 saturated carbocycles. The van der Waals surface area contributed by atoms with Crippen LogP contribution in [0.5, 0.6) is 0 Å². The zero-order valence-electron chi connectivity index (χ0n) is 6.46. The van der Waals surface area contributed by atoms with E-state index in [4.69, 9.17) is 45.1 Å². The second-order valence-electron chi connectivity index (χ2n) is 2.37. The van der Waals surface area contributed by atoms with Gasteiger partial charge in [-0.2, -0.15) is 8.42 Å². The van der Waals surface area contributed by atoms with Gasteiger partial charge in [0.05, 0.1) is 20.8 Å². The van der Waals surface area contributed by atoms with Crippen LogP contribution in [0.3, 0.4) is 0 Å². The van der Waals surface area contributed by atoms with Gasteiger partial charge in [-0.15, -0.1) is 0 Å². The number of nitrogens with two attached hydrogens (primary N) is 1. The van der Waals surface area contributed by atoms with Gasteiger partial charge < -0.3 is 5.73 Å². The summed E-state index contributed by atoms with van der Waals surface area (Å²) in [6.07, 6.45) is 0. The Hall–Kier alpha value is -0.200. The van der Waals surface area contributed by atoms with E-state index in [2.05, 4.69) is 0 Å². The molecule has 0 bridgehead atoms. The third-order valence-electron chi connectivity index (χ3n) is 1.43. The van der Waals surface area contributed by atoms with Gasteiger partial charge in [-0.1, -0.05) is 34.8 Å². The molecule has 8 heteroatoms. The Labute approximate surface area is 95.3 Å². The maximum atomic E-state index is 10.8. The van der Waals surface area contributed by atoms with Crippen molar-refractivity contribution in [1.29, 1.82) is 0 Å². The molecule has 0 amide bonds. The molecule has 0 fully saturated rings. The molecule has 3 N–H and O–H groups in total. The molecule has 0 spiro atoms. The topological polar surface area (TPSA) is 80.4 Å². The van der Waals surface area contributed by atoms with Gasteiger partial charge >= 0.3 is 0 Å². The zero-order chi connectivity index (χ0) is 11.1. The molecule has 0 unspecified atom stereocenters. The predicted octanol–water partition coefficient (Wildman–Crippen LogP) is 2.48. The molecule has 0 atom stereocenters. The first kappa shape index (κ1) is 11.9. The van der Waals surface area contributed by atoms with Crippen LogP contribution in [0.25, 0.3) is 0 Å². The maximum absolute atomic E-state index is 10.8. The quantitative estimate of drug-likeness (QED) is 0.469. The summed E-state index contributed by atoms with van der Waals surface area (Å²) in [6, 6.07) is 0.928. The van der Waals surface area contributed by atoms with Gasteiger partial charge in [-0.05, 0) is 6.07 Å². The number of rotatable bonds is 1. The van der Waals surface area contributed by atoms with Crippen molar-refractivity contribution in [2.75, 3.05) is 5.73 Å². The van der Waals surface area contributed by atoms with Crippen LogP contribution in [0.15, 0.2) is 11.0 Å². The minimum absolute atomic E-state index is 0.0518. The first-order chi connectivity index (χ1) is 6.25. The van der Waals surface area contributed by atoms with Crippen LogP contribution in [-0.2, 0) is 10.1 Å². The van der Waals surface area contributed by atoms with Crippen molar-refractivity contribution in [1.82, 2.24) is 0 Å². The lowest BCUT2D eigenvalue weighted by atomic mass is 10.3. The lowest BCUT2D eigenvalue weighted by Gasteiger charge is -2.07. The van der Waals surface area contributed by atoms with Crippen LogP contribution in [0.2, 0.25) is 15.1 Å². The number of anilines is 1. The minimum Gasteiger partial charge on any atom is -0.396 e. The SMILES string of the molecule is Nc1c(Cl)c(Cl)cc(S(=O)(=O)O)c1Cl. The molecule has 0 aliphatic carbocycles. The predicted molar refractivity (Wildman–Crippen MR) is 55.7 cm³/mol. The fourth-order valence-electron chi connectivity index (χ4n) is 0.787. The van der Waals surface area contributed by atoms with Gasteiger partial charge in [0.15, 0.2) is 0 Å². The molecule has 4 nitrogen and oxygen atoms in total. The summed E-state index contributed by atoms with van der Waals surface area (Å²) in [6.45, 7) is 0. The Morgan fingerprint density at radius 2 is 1.71 bits per heavy atom. The second-order valence-corrected chi connectivity index (χ2v) is 4.93. The van der Waals surface area contributed by atoms with Gasteiger partial charge in [-0.3, -0.25) is 4.55 Å². The maximum Gasteiger partial charge on any atom is 0.296 e. The Morgan fingerprint density at radius 1 is 1.21 bits per heavy atom. The van der Waals surface area contributed by atoms with Crippen molar-refractivity contribution >= 4 is 50.6 Å². The van der Waals surface area contributed by atoms with E-state index in [1.54, 1.807) is 0 Å². The Bertz CT molecular complexity index is 486. The molecule has 78 valence electrons. The molecular weight excluding hydrogens is 272 g/mol. The van der Waals surface area contributed by atoms with Gasteiger partial charge in [0.25, 0.3) is 10.1 Å². The molecule has 0 heterocycles. The van der Waals surface area contributed by atoms with E-state index >= 15 is 0 Å². The fourth-order valence-corrected chi connectivity index (χ4v) is 2.31. The number of benzene rings is 1. The summed E-state index contributed by atoms with van der Waals surface area (Å²) in [5.41, 5.74) is 5.17. The lowest BCUT2D eigenvalue weighted by molar-refractivity contribution is 0.483. The van der Waals surface area contributed by atoms with E-state index in [0.717, 1.165) is 6.07 Å². The number of hydrogen-bond donors (Lipinski definition) is 2. The highest BCUT2D eigenvalue weighted by atomic mass is 35.5. The smallest absolute Gasteiger partial charge is 0.296 e. The molecule has 1 aromatic rings. The van der Waals surface area contributed by atoms with Crippen LogP contribution in [-0.4, -0.2) is 13.0 Å². The van der Waals surface area contributed by atoms with Crippen LogP contribution in [0, 0.1) is 0 Å². The Kier molecular flexibility index (Phi) is 3.18. The van der Waals surface area contributed by atoms with Crippen molar-refractivity contribution in [2.24, 2.45) is 0 Å². The summed E-state index contributed by atoms with van der Waals surface area (Å²) in [5.74, 6) is 0. The molecule has 0 radical (unpaired) electrons. The molecular formula is C6H4Cl3NO3S. The molecule has 14 heavy (non-hydrogen) atoms. The molecule has 0 aliphatic heterocycles. The number of nitrogen functional groups attached to an aromatic ring is 1. The van der Waals surface area contributed by atoms with Crippen molar-refractivity contribution in [3.63, 3.8) is 0 Å². The first-order valence-electron chi connectivity index (χ1n) is 3.15. The largest absolute Gasteiger partial charge is 0.396 e. The zero-order valence-corrected chi connectivity index (χ0v) is 9.54. The summed E-state index contributed by atoms with van der Waals surface area (Å²) in [4.78, 5) is -0.564. The number of halogens is 3. The molecule has 1 aromatic carbocycles. The summed E-state index contributed by atoms with van der Waals surface area (Å²) < 4.78 is 30.3.